The smallest absolute Gasteiger partial charge is 0.171 e. The Labute approximate surface area is 113 Å². The molecule has 3 nitrogen and oxygen atoms in total. The van der Waals surface area contributed by atoms with Crippen molar-refractivity contribution in [3.63, 3.8) is 0 Å². The highest BCUT2D eigenvalue weighted by molar-refractivity contribution is 7.80. The highest BCUT2D eigenvalue weighted by Crippen LogP contribution is 2.48. The Balaban J connectivity index is 1.63. The third-order valence-electron chi connectivity index (χ3n) is 4.14. The fraction of sp³-hybridized carbons (Fsp3) is 0.571. The lowest BCUT2D eigenvalue weighted by Crippen LogP contribution is -2.49. The maximum atomic E-state index is 5.44. The molecule has 0 unspecified atom stereocenters. The van der Waals surface area contributed by atoms with E-state index in [9.17, 15) is 0 Å². The zero-order chi connectivity index (χ0) is 12.4. The van der Waals surface area contributed by atoms with E-state index in [4.69, 9.17) is 12.2 Å². The number of hydrogen-bond donors (Lipinski definition) is 2. The number of nitrogens with zero attached hydrogens (tertiary/aromatic N) is 1. The third kappa shape index (κ3) is 2.48. The summed E-state index contributed by atoms with van der Waals surface area (Å²) in [5.41, 5.74) is 1.24. The van der Waals surface area contributed by atoms with Crippen LogP contribution in [0.15, 0.2) is 24.5 Å². The van der Waals surface area contributed by atoms with Gasteiger partial charge in [0.2, 0.25) is 0 Å². The first-order valence-electron chi connectivity index (χ1n) is 6.78. The van der Waals surface area contributed by atoms with Gasteiger partial charge in [-0.25, -0.2) is 0 Å². The van der Waals surface area contributed by atoms with Gasteiger partial charge < -0.3 is 10.6 Å². The summed E-state index contributed by atoms with van der Waals surface area (Å²) in [5, 5.41) is 7.58. The van der Waals surface area contributed by atoms with E-state index in [1.807, 2.05) is 12.1 Å². The molecule has 4 heteroatoms. The Kier molecular flexibility index (Phi) is 3.20. The molecule has 0 atom stereocenters. The van der Waals surface area contributed by atoms with Crippen molar-refractivity contribution in [2.45, 2.75) is 44.1 Å². The molecule has 0 saturated heterocycles. The molecule has 3 rings (SSSR count). The van der Waals surface area contributed by atoms with E-state index < -0.39 is 0 Å². The molecule has 96 valence electrons. The minimum absolute atomic E-state index is 0.284. The van der Waals surface area contributed by atoms with Crippen molar-refractivity contribution in [3.8, 4) is 0 Å². The van der Waals surface area contributed by atoms with Gasteiger partial charge in [0.15, 0.2) is 5.11 Å². The summed E-state index contributed by atoms with van der Waals surface area (Å²) in [6, 6.07) is 3.90. The van der Waals surface area contributed by atoms with Crippen LogP contribution >= 0.6 is 12.2 Å². The molecule has 0 aliphatic heterocycles. The van der Waals surface area contributed by atoms with Crippen molar-refractivity contribution in [2.24, 2.45) is 5.92 Å². The van der Waals surface area contributed by atoms with Gasteiger partial charge in [0, 0.05) is 11.7 Å². The summed E-state index contributed by atoms with van der Waals surface area (Å²) in [4.78, 5) is 4.08. The first-order valence-corrected chi connectivity index (χ1v) is 7.19. The SMILES string of the molecule is S=C(Nc1cccnc1)NC1(C2CC2)CCCC1. The first kappa shape index (κ1) is 11.9. The Hall–Kier alpha value is -1.16. The number of rotatable bonds is 3. The zero-order valence-electron chi connectivity index (χ0n) is 10.5. The molecular formula is C14H19N3S. The molecule has 0 bridgehead atoms. The fourth-order valence-electron chi connectivity index (χ4n) is 3.10. The minimum Gasteiger partial charge on any atom is -0.357 e. The molecule has 1 heterocycles. The number of thiocarbonyl (C=S) groups is 1. The number of pyridine rings is 1. The molecule has 2 saturated carbocycles. The highest BCUT2D eigenvalue weighted by atomic mass is 32.1. The van der Waals surface area contributed by atoms with Gasteiger partial charge in [-0.05, 0) is 56.0 Å². The van der Waals surface area contributed by atoms with Crippen LogP contribution in [0.3, 0.4) is 0 Å². The van der Waals surface area contributed by atoms with Gasteiger partial charge >= 0.3 is 0 Å². The van der Waals surface area contributed by atoms with Crippen molar-refractivity contribution in [3.05, 3.63) is 24.5 Å². The Morgan fingerprint density at radius 2 is 2.11 bits per heavy atom. The third-order valence-corrected chi connectivity index (χ3v) is 4.34. The summed E-state index contributed by atoms with van der Waals surface area (Å²) in [5.74, 6) is 0.841. The van der Waals surface area contributed by atoms with Crippen molar-refractivity contribution < 1.29 is 0 Å². The number of aromatic nitrogens is 1. The van der Waals surface area contributed by atoms with Gasteiger partial charge in [-0.1, -0.05) is 12.8 Å². The second kappa shape index (κ2) is 4.84. The fourth-order valence-corrected chi connectivity index (χ4v) is 3.42. The number of nitrogens with one attached hydrogen (secondary N) is 2. The van der Waals surface area contributed by atoms with Crippen LogP contribution < -0.4 is 10.6 Å². The Morgan fingerprint density at radius 3 is 2.72 bits per heavy atom. The molecule has 1 aromatic rings. The van der Waals surface area contributed by atoms with E-state index in [0.717, 1.165) is 16.7 Å². The normalized spacial score (nSPS) is 21.6. The highest BCUT2D eigenvalue weighted by Gasteiger charge is 2.47. The van der Waals surface area contributed by atoms with Gasteiger partial charge in [-0.2, -0.15) is 0 Å². The minimum atomic E-state index is 0.284. The first-order chi connectivity index (χ1) is 8.78. The van der Waals surface area contributed by atoms with E-state index >= 15 is 0 Å². The van der Waals surface area contributed by atoms with Crippen LogP contribution in [0, 0.1) is 5.92 Å². The molecule has 0 spiro atoms. The molecule has 2 aliphatic rings. The lowest BCUT2D eigenvalue weighted by atomic mass is 9.91. The molecule has 0 radical (unpaired) electrons. The lowest BCUT2D eigenvalue weighted by Gasteiger charge is -2.32. The van der Waals surface area contributed by atoms with Crippen LogP contribution in [0.1, 0.15) is 38.5 Å². The average molecular weight is 261 g/mol. The number of hydrogen-bond acceptors (Lipinski definition) is 2. The molecule has 2 aliphatic carbocycles. The van der Waals surface area contributed by atoms with E-state index in [-0.39, 0.29) is 5.54 Å². The monoisotopic (exact) mass is 261 g/mol. The molecule has 2 N–H and O–H groups in total. The van der Waals surface area contributed by atoms with Crippen LogP contribution in [0.2, 0.25) is 0 Å². The van der Waals surface area contributed by atoms with E-state index in [1.165, 1.54) is 38.5 Å². The van der Waals surface area contributed by atoms with Crippen LogP contribution in [-0.4, -0.2) is 15.6 Å². The maximum absolute atomic E-state index is 5.44. The quantitative estimate of drug-likeness (QED) is 0.820. The summed E-state index contributed by atoms with van der Waals surface area (Å²) >= 11 is 5.44. The molecule has 18 heavy (non-hydrogen) atoms. The Morgan fingerprint density at radius 1 is 1.33 bits per heavy atom. The number of anilines is 1. The van der Waals surface area contributed by atoms with Crippen LogP contribution in [0.25, 0.3) is 0 Å². The summed E-state index contributed by atoms with van der Waals surface area (Å²) in [6.45, 7) is 0. The van der Waals surface area contributed by atoms with Crippen molar-refractivity contribution >= 4 is 23.0 Å². The second-order valence-electron chi connectivity index (χ2n) is 5.46. The van der Waals surface area contributed by atoms with Crippen molar-refractivity contribution in [2.75, 3.05) is 5.32 Å². The van der Waals surface area contributed by atoms with E-state index in [1.54, 1.807) is 12.4 Å². The molecule has 0 amide bonds. The molecule has 1 aromatic heterocycles. The maximum Gasteiger partial charge on any atom is 0.171 e. The lowest BCUT2D eigenvalue weighted by molar-refractivity contribution is 0.340. The summed E-state index contributed by atoms with van der Waals surface area (Å²) in [7, 11) is 0. The van der Waals surface area contributed by atoms with Gasteiger partial charge in [0.1, 0.15) is 0 Å². The van der Waals surface area contributed by atoms with E-state index in [2.05, 4.69) is 15.6 Å². The zero-order valence-corrected chi connectivity index (χ0v) is 11.3. The molecule has 2 fully saturated rings. The molecular weight excluding hydrogens is 242 g/mol. The van der Waals surface area contributed by atoms with Gasteiger partial charge in [0.25, 0.3) is 0 Å². The largest absolute Gasteiger partial charge is 0.357 e. The van der Waals surface area contributed by atoms with Gasteiger partial charge in [-0.15, -0.1) is 0 Å². The predicted octanol–water partition coefficient (Wildman–Crippen LogP) is 3.09. The second-order valence-corrected chi connectivity index (χ2v) is 5.87. The molecule has 0 aromatic carbocycles. The average Bonchev–Trinajstić information content (AvgIpc) is 3.13. The standard InChI is InChI=1S/C14H19N3S/c18-13(16-12-4-3-9-15-10-12)17-14(11-5-6-11)7-1-2-8-14/h3-4,9-11H,1-2,5-8H2,(H2,16,17,18). The van der Waals surface area contributed by atoms with Crippen LogP contribution in [0.5, 0.6) is 0 Å². The summed E-state index contributed by atoms with van der Waals surface area (Å²) < 4.78 is 0. The van der Waals surface area contributed by atoms with Gasteiger partial charge in [-0.3, -0.25) is 4.98 Å². The van der Waals surface area contributed by atoms with E-state index in [0.29, 0.717) is 0 Å². The summed E-state index contributed by atoms with van der Waals surface area (Å²) in [6.07, 6.45) is 11.5. The van der Waals surface area contributed by atoms with Crippen LogP contribution in [0.4, 0.5) is 5.69 Å². The van der Waals surface area contributed by atoms with Crippen molar-refractivity contribution in [1.29, 1.82) is 0 Å². The van der Waals surface area contributed by atoms with Crippen molar-refractivity contribution in [1.82, 2.24) is 10.3 Å². The van der Waals surface area contributed by atoms with Gasteiger partial charge in [0.05, 0.1) is 11.9 Å². The topological polar surface area (TPSA) is 37.0 Å². The Bertz CT molecular complexity index is 422. The van der Waals surface area contributed by atoms with Crippen LogP contribution in [-0.2, 0) is 0 Å². The predicted molar refractivity (Wildman–Crippen MR) is 77.5 cm³/mol.